The minimum Gasteiger partial charge on any atom is -0.454 e. The number of aryl methyl sites for hydroxylation is 2. The third kappa shape index (κ3) is 4.06. The zero-order chi connectivity index (χ0) is 25.0. The van der Waals surface area contributed by atoms with Crippen molar-refractivity contribution >= 4 is 21.6 Å². The van der Waals surface area contributed by atoms with Crippen molar-refractivity contribution < 1.29 is 22.7 Å². The monoisotopic (exact) mass is 492 g/mol. The van der Waals surface area contributed by atoms with Crippen LogP contribution < -0.4 is 14.8 Å². The lowest BCUT2D eigenvalue weighted by molar-refractivity contribution is -0.118. The quantitative estimate of drug-likeness (QED) is 0.543. The van der Waals surface area contributed by atoms with E-state index in [9.17, 15) is 13.2 Å². The number of hydrogen-bond acceptors (Lipinski definition) is 5. The zero-order valence-corrected chi connectivity index (χ0v) is 21.0. The number of fused-ring (bicyclic) bond motifs is 1. The fraction of sp³-hybridized carbons (Fsp3) is 0.296. The Morgan fingerprint density at radius 3 is 2.31 bits per heavy atom. The molecule has 35 heavy (non-hydrogen) atoms. The fourth-order valence-corrected chi connectivity index (χ4v) is 5.50. The molecule has 5 rings (SSSR count). The molecular formula is C27H28N2O5S. The van der Waals surface area contributed by atoms with Crippen LogP contribution in [-0.2, 0) is 20.2 Å². The number of ether oxygens (including phenoxy) is 2. The highest BCUT2D eigenvalue weighted by molar-refractivity contribution is 7.89. The lowest BCUT2D eigenvalue weighted by Gasteiger charge is -2.18. The number of sulfonamides is 1. The van der Waals surface area contributed by atoms with Crippen molar-refractivity contribution in [1.82, 2.24) is 4.31 Å². The van der Waals surface area contributed by atoms with Crippen LogP contribution in [0.15, 0.2) is 59.5 Å². The van der Waals surface area contributed by atoms with E-state index in [1.54, 1.807) is 12.1 Å². The van der Waals surface area contributed by atoms with Gasteiger partial charge in [0.05, 0.1) is 10.3 Å². The Morgan fingerprint density at radius 1 is 0.886 bits per heavy atom. The minimum absolute atomic E-state index is 0.0460. The molecule has 2 aliphatic rings. The maximum absolute atomic E-state index is 13.4. The van der Waals surface area contributed by atoms with Crippen molar-refractivity contribution in [3.63, 3.8) is 0 Å². The zero-order valence-electron chi connectivity index (χ0n) is 20.2. The molecule has 0 aromatic heterocycles. The van der Waals surface area contributed by atoms with Gasteiger partial charge in [0, 0.05) is 19.8 Å². The van der Waals surface area contributed by atoms with Crippen LogP contribution in [-0.4, -0.2) is 39.5 Å². The first kappa shape index (κ1) is 23.4. The van der Waals surface area contributed by atoms with Crippen LogP contribution in [0.4, 0.5) is 5.69 Å². The Balaban J connectivity index is 1.42. The first-order valence-corrected chi connectivity index (χ1v) is 12.9. The summed E-state index contributed by atoms with van der Waals surface area (Å²) in [5.74, 6) is 1.33. The Bertz CT molecular complexity index is 1440. The van der Waals surface area contributed by atoms with Crippen LogP contribution in [0.2, 0.25) is 0 Å². The van der Waals surface area contributed by atoms with Crippen LogP contribution in [0.1, 0.15) is 29.5 Å². The smallest absolute Gasteiger partial charge is 0.242 e. The molecule has 1 amide bonds. The highest BCUT2D eigenvalue weighted by Gasteiger charge is 2.51. The summed E-state index contributed by atoms with van der Waals surface area (Å²) in [7, 11) is -0.475. The van der Waals surface area contributed by atoms with Gasteiger partial charge in [0.15, 0.2) is 11.5 Å². The minimum atomic E-state index is -3.51. The van der Waals surface area contributed by atoms with Crippen molar-refractivity contribution in [3.8, 4) is 22.6 Å². The van der Waals surface area contributed by atoms with Gasteiger partial charge in [-0.2, -0.15) is 0 Å². The summed E-state index contributed by atoms with van der Waals surface area (Å²) in [6.07, 6.45) is 1.55. The van der Waals surface area contributed by atoms with Crippen molar-refractivity contribution in [2.24, 2.45) is 0 Å². The average Bonchev–Trinajstić information content (AvgIpc) is 3.51. The molecule has 0 bridgehead atoms. The number of benzene rings is 3. The molecular weight excluding hydrogens is 464 g/mol. The maximum Gasteiger partial charge on any atom is 0.242 e. The molecule has 0 unspecified atom stereocenters. The summed E-state index contributed by atoms with van der Waals surface area (Å²) in [4.78, 5) is 13.6. The number of amides is 1. The van der Waals surface area contributed by atoms with Gasteiger partial charge in [0.1, 0.15) is 0 Å². The second-order valence-electron chi connectivity index (χ2n) is 9.40. The van der Waals surface area contributed by atoms with Gasteiger partial charge in [0.2, 0.25) is 22.7 Å². The van der Waals surface area contributed by atoms with Gasteiger partial charge >= 0.3 is 0 Å². The van der Waals surface area contributed by atoms with E-state index in [1.165, 1.54) is 18.4 Å². The number of nitrogens with zero attached hydrogens (tertiary/aromatic N) is 1. The highest BCUT2D eigenvalue weighted by Crippen LogP contribution is 2.51. The van der Waals surface area contributed by atoms with Crippen molar-refractivity contribution in [3.05, 3.63) is 71.3 Å². The van der Waals surface area contributed by atoms with Gasteiger partial charge < -0.3 is 14.8 Å². The molecule has 0 spiro atoms. The van der Waals surface area contributed by atoms with E-state index in [4.69, 9.17) is 9.47 Å². The molecule has 1 aliphatic heterocycles. The fourth-order valence-electron chi connectivity index (χ4n) is 4.52. The van der Waals surface area contributed by atoms with Gasteiger partial charge in [-0.15, -0.1) is 0 Å². The van der Waals surface area contributed by atoms with E-state index in [2.05, 4.69) is 5.32 Å². The molecule has 0 saturated heterocycles. The van der Waals surface area contributed by atoms with Crippen molar-refractivity contribution in [1.29, 1.82) is 0 Å². The molecule has 8 heteroatoms. The SMILES string of the molecule is Cc1cc(S(=O)(=O)N(C)C)ccc1-c1cc(NC(=O)C2(c3ccc4c(c3)OCO4)CC2)ccc1C. The molecule has 1 fully saturated rings. The third-order valence-electron chi connectivity index (χ3n) is 6.87. The van der Waals surface area contributed by atoms with E-state index in [1.807, 2.05) is 56.3 Å². The normalized spacial score (nSPS) is 15.8. The van der Waals surface area contributed by atoms with Crippen LogP contribution in [0.5, 0.6) is 11.5 Å². The average molecular weight is 493 g/mol. The summed E-state index contributed by atoms with van der Waals surface area (Å²) in [6, 6.07) is 16.7. The van der Waals surface area contributed by atoms with Crippen LogP contribution >= 0.6 is 0 Å². The van der Waals surface area contributed by atoms with E-state index in [-0.39, 0.29) is 17.6 Å². The maximum atomic E-state index is 13.4. The summed E-state index contributed by atoms with van der Waals surface area (Å²) in [5.41, 5.74) is 4.82. The molecule has 3 aromatic rings. The molecule has 3 aromatic carbocycles. The molecule has 182 valence electrons. The predicted molar refractivity (Wildman–Crippen MR) is 134 cm³/mol. The molecule has 1 N–H and O–H groups in total. The number of anilines is 1. The molecule has 1 saturated carbocycles. The number of nitrogens with one attached hydrogen (secondary N) is 1. The number of carbonyl (C=O) groups is 1. The molecule has 0 radical (unpaired) electrons. The number of carbonyl (C=O) groups excluding carboxylic acids is 1. The predicted octanol–water partition coefficient (Wildman–Crippen LogP) is 4.62. The largest absolute Gasteiger partial charge is 0.454 e. The topological polar surface area (TPSA) is 84.9 Å². The Labute approximate surface area is 205 Å². The second-order valence-corrected chi connectivity index (χ2v) is 11.5. The number of rotatable bonds is 6. The first-order valence-electron chi connectivity index (χ1n) is 11.5. The summed E-state index contributed by atoms with van der Waals surface area (Å²) >= 11 is 0. The van der Waals surface area contributed by atoms with Crippen LogP contribution in [0.25, 0.3) is 11.1 Å². The molecule has 0 atom stereocenters. The standard InChI is InChI=1S/C27H28N2O5S/c1-17-5-7-20(15-23(17)22-9-8-21(13-18(22)2)35(31,32)29(3)4)28-26(30)27(11-12-27)19-6-10-24-25(14-19)34-16-33-24/h5-10,13-15H,11-12,16H2,1-4H3,(H,28,30). The van der Waals surface area contributed by atoms with Crippen molar-refractivity contribution in [2.75, 3.05) is 26.2 Å². The van der Waals surface area contributed by atoms with Crippen molar-refractivity contribution in [2.45, 2.75) is 37.0 Å². The second kappa shape index (κ2) is 8.39. The third-order valence-corrected chi connectivity index (χ3v) is 8.68. The van der Waals surface area contributed by atoms with Crippen LogP contribution in [0.3, 0.4) is 0 Å². The summed E-state index contributed by atoms with van der Waals surface area (Å²) in [6.45, 7) is 4.10. The number of hydrogen-bond donors (Lipinski definition) is 1. The van der Waals surface area contributed by atoms with Crippen LogP contribution in [0, 0.1) is 13.8 Å². The van der Waals surface area contributed by atoms with Gasteiger partial charge in [0.25, 0.3) is 0 Å². The molecule has 1 heterocycles. The van der Waals surface area contributed by atoms with Gasteiger partial charge in [-0.05, 0) is 90.9 Å². The molecule has 1 aliphatic carbocycles. The molecule has 7 nitrogen and oxygen atoms in total. The van der Waals surface area contributed by atoms with E-state index in [0.717, 1.165) is 40.7 Å². The summed E-state index contributed by atoms with van der Waals surface area (Å²) < 4.78 is 37.1. The van der Waals surface area contributed by atoms with E-state index in [0.29, 0.717) is 17.2 Å². The summed E-state index contributed by atoms with van der Waals surface area (Å²) in [5, 5.41) is 3.10. The van der Waals surface area contributed by atoms with Gasteiger partial charge in [-0.3, -0.25) is 4.79 Å². The van der Waals surface area contributed by atoms with Gasteiger partial charge in [-0.25, -0.2) is 12.7 Å². The Hall–Kier alpha value is -3.36. The lowest BCUT2D eigenvalue weighted by atomic mass is 9.93. The highest BCUT2D eigenvalue weighted by atomic mass is 32.2. The lowest BCUT2D eigenvalue weighted by Crippen LogP contribution is -2.27. The Morgan fingerprint density at radius 2 is 1.63 bits per heavy atom. The first-order chi connectivity index (χ1) is 16.6. The Kier molecular flexibility index (Phi) is 5.61. The van der Waals surface area contributed by atoms with E-state index < -0.39 is 15.4 Å². The van der Waals surface area contributed by atoms with E-state index >= 15 is 0 Å². The van der Waals surface area contributed by atoms with Gasteiger partial charge in [-0.1, -0.05) is 18.2 Å².